The van der Waals surface area contributed by atoms with Crippen LogP contribution >= 0.6 is 0 Å². The minimum Gasteiger partial charge on any atom is -0.468 e. The Labute approximate surface area is 64.5 Å². The molecule has 0 bridgehead atoms. The predicted molar refractivity (Wildman–Crippen MR) is 36.6 cm³/mol. The number of rotatable bonds is 3. The molecule has 0 aliphatic rings. The number of ether oxygens (including phenoxy) is 2. The van der Waals surface area contributed by atoms with Gasteiger partial charge in [0.2, 0.25) is 0 Å². The highest BCUT2D eigenvalue weighted by Crippen LogP contribution is 1.98. The first-order chi connectivity index (χ1) is 5.17. The minimum atomic E-state index is -0.995. The highest BCUT2D eigenvalue weighted by atomic mass is 16.5. The van der Waals surface area contributed by atoms with E-state index < -0.39 is 17.9 Å². The highest BCUT2D eigenvalue weighted by molar-refractivity contribution is 5.95. The molecule has 0 amide bonds. The number of esters is 2. The van der Waals surface area contributed by atoms with Gasteiger partial charge < -0.3 is 15.2 Å². The van der Waals surface area contributed by atoms with E-state index in [1.807, 2.05) is 0 Å². The number of nitrogens with two attached hydrogens (primary N) is 1. The summed E-state index contributed by atoms with van der Waals surface area (Å²) in [6.07, 6.45) is 0. The number of hydrogen-bond donors (Lipinski definition) is 1. The molecule has 0 aliphatic carbocycles. The Hall–Kier alpha value is -1.10. The lowest BCUT2D eigenvalue weighted by Crippen LogP contribution is -2.33. The number of carbonyl (C=O) groups excluding carboxylic acids is 2. The molecule has 0 fully saturated rings. The topological polar surface area (TPSA) is 78.6 Å². The van der Waals surface area contributed by atoms with E-state index in [4.69, 9.17) is 5.73 Å². The second-order valence-electron chi connectivity index (χ2n) is 1.83. The third kappa shape index (κ3) is 2.55. The average Bonchev–Trinajstić information content (AvgIpc) is 2.05. The summed E-state index contributed by atoms with van der Waals surface area (Å²) in [4.78, 5) is 21.5. The van der Waals surface area contributed by atoms with Crippen molar-refractivity contribution in [1.29, 1.82) is 0 Å². The molecule has 0 heterocycles. The predicted octanol–water partition coefficient (Wildman–Crippen LogP) is -1.09. The van der Waals surface area contributed by atoms with Crippen LogP contribution in [0.2, 0.25) is 0 Å². The van der Waals surface area contributed by atoms with Gasteiger partial charge in [-0.25, -0.2) is 0 Å². The molecule has 0 aromatic carbocycles. The van der Waals surface area contributed by atoms with Crippen molar-refractivity contribution in [2.24, 2.45) is 11.7 Å². The van der Waals surface area contributed by atoms with E-state index in [0.717, 1.165) is 0 Å². The van der Waals surface area contributed by atoms with Gasteiger partial charge in [-0.15, -0.1) is 0 Å². The molecule has 0 saturated heterocycles. The van der Waals surface area contributed by atoms with Gasteiger partial charge in [0.15, 0.2) is 5.92 Å². The summed E-state index contributed by atoms with van der Waals surface area (Å²) in [5, 5.41) is 0. The normalized spacial score (nSPS) is 9.45. The molecule has 0 spiro atoms. The maximum absolute atomic E-state index is 10.7. The van der Waals surface area contributed by atoms with Crippen LogP contribution in [0.3, 0.4) is 0 Å². The Kier molecular flexibility index (Phi) is 4.21. The van der Waals surface area contributed by atoms with E-state index in [2.05, 4.69) is 9.47 Å². The maximum atomic E-state index is 10.7. The smallest absolute Gasteiger partial charge is 0.321 e. The van der Waals surface area contributed by atoms with Gasteiger partial charge in [-0.1, -0.05) is 0 Å². The fourth-order valence-corrected chi connectivity index (χ4v) is 0.573. The highest BCUT2D eigenvalue weighted by Gasteiger charge is 2.26. The molecule has 0 saturated carbocycles. The summed E-state index contributed by atoms with van der Waals surface area (Å²) in [6.45, 7) is -0.0979. The lowest BCUT2D eigenvalue weighted by Gasteiger charge is -2.08. The molecule has 5 nitrogen and oxygen atoms in total. The van der Waals surface area contributed by atoms with Crippen LogP contribution < -0.4 is 5.73 Å². The monoisotopic (exact) mass is 161 g/mol. The molecule has 0 unspecified atom stereocenters. The van der Waals surface area contributed by atoms with Gasteiger partial charge in [-0.3, -0.25) is 9.59 Å². The molecule has 0 atom stereocenters. The average molecular weight is 161 g/mol. The van der Waals surface area contributed by atoms with Gasteiger partial charge in [-0.2, -0.15) is 0 Å². The van der Waals surface area contributed by atoms with Crippen LogP contribution in [-0.2, 0) is 19.1 Å². The van der Waals surface area contributed by atoms with Gasteiger partial charge in [0.05, 0.1) is 14.2 Å². The first-order valence-electron chi connectivity index (χ1n) is 3.03. The molecular formula is C6H11NO4. The quantitative estimate of drug-likeness (QED) is 0.420. The fourth-order valence-electron chi connectivity index (χ4n) is 0.573. The summed E-state index contributed by atoms with van der Waals surface area (Å²) >= 11 is 0. The number of carbonyl (C=O) groups is 2. The third-order valence-corrected chi connectivity index (χ3v) is 1.21. The van der Waals surface area contributed by atoms with Crippen molar-refractivity contribution in [3.63, 3.8) is 0 Å². The number of hydrogen-bond acceptors (Lipinski definition) is 5. The van der Waals surface area contributed by atoms with E-state index in [1.165, 1.54) is 14.2 Å². The molecule has 5 heteroatoms. The van der Waals surface area contributed by atoms with Gasteiger partial charge in [0, 0.05) is 6.54 Å². The summed E-state index contributed by atoms with van der Waals surface area (Å²) in [6, 6.07) is 0. The van der Waals surface area contributed by atoms with Crippen molar-refractivity contribution in [1.82, 2.24) is 0 Å². The van der Waals surface area contributed by atoms with Gasteiger partial charge in [0.1, 0.15) is 0 Å². The van der Waals surface area contributed by atoms with Crippen molar-refractivity contribution in [3.8, 4) is 0 Å². The summed E-state index contributed by atoms with van der Waals surface area (Å²) in [5.41, 5.74) is 5.12. The Morgan fingerprint density at radius 1 is 1.27 bits per heavy atom. The second-order valence-corrected chi connectivity index (χ2v) is 1.83. The summed E-state index contributed by atoms with van der Waals surface area (Å²) < 4.78 is 8.61. The Balaban J connectivity index is 4.15. The lowest BCUT2D eigenvalue weighted by atomic mass is 10.1. The van der Waals surface area contributed by atoms with Crippen molar-refractivity contribution >= 4 is 11.9 Å². The van der Waals surface area contributed by atoms with E-state index in [-0.39, 0.29) is 6.54 Å². The van der Waals surface area contributed by atoms with Crippen LogP contribution in [0.15, 0.2) is 0 Å². The molecule has 0 radical (unpaired) electrons. The minimum absolute atomic E-state index is 0.0979. The van der Waals surface area contributed by atoms with Gasteiger partial charge in [-0.05, 0) is 0 Å². The van der Waals surface area contributed by atoms with Crippen molar-refractivity contribution in [2.45, 2.75) is 0 Å². The first kappa shape index (κ1) is 9.90. The first-order valence-corrected chi connectivity index (χ1v) is 3.03. The lowest BCUT2D eigenvalue weighted by molar-refractivity contribution is -0.158. The maximum Gasteiger partial charge on any atom is 0.321 e. The van der Waals surface area contributed by atoms with E-state index >= 15 is 0 Å². The molecule has 11 heavy (non-hydrogen) atoms. The van der Waals surface area contributed by atoms with Crippen LogP contribution in [-0.4, -0.2) is 32.7 Å². The van der Waals surface area contributed by atoms with Gasteiger partial charge in [0.25, 0.3) is 0 Å². The number of methoxy groups -OCH3 is 2. The van der Waals surface area contributed by atoms with Gasteiger partial charge >= 0.3 is 11.9 Å². The van der Waals surface area contributed by atoms with Crippen molar-refractivity contribution < 1.29 is 19.1 Å². The second kappa shape index (κ2) is 4.68. The zero-order chi connectivity index (χ0) is 8.85. The van der Waals surface area contributed by atoms with Crippen molar-refractivity contribution in [2.75, 3.05) is 20.8 Å². The zero-order valence-corrected chi connectivity index (χ0v) is 6.49. The van der Waals surface area contributed by atoms with Crippen LogP contribution in [0.1, 0.15) is 0 Å². The molecule has 0 aromatic heterocycles. The van der Waals surface area contributed by atoms with Crippen LogP contribution in [0, 0.1) is 5.92 Å². The van der Waals surface area contributed by atoms with E-state index in [0.29, 0.717) is 0 Å². The third-order valence-electron chi connectivity index (χ3n) is 1.21. The largest absolute Gasteiger partial charge is 0.468 e. The Morgan fingerprint density at radius 2 is 1.64 bits per heavy atom. The standard InChI is InChI=1S/C6H11NO4/c1-10-5(8)4(3-7)6(9)11-2/h4H,3,7H2,1-2H3. The molecule has 64 valence electrons. The van der Waals surface area contributed by atoms with E-state index in [9.17, 15) is 9.59 Å². The molecule has 0 aliphatic heterocycles. The molecule has 0 rings (SSSR count). The molecular weight excluding hydrogens is 150 g/mol. The molecule has 0 aromatic rings. The van der Waals surface area contributed by atoms with Crippen LogP contribution in [0.4, 0.5) is 0 Å². The Bertz CT molecular complexity index is 141. The molecule has 2 N–H and O–H groups in total. The van der Waals surface area contributed by atoms with Crippen molar-refractivity contribution in [3.05, 3.63) is 0 Å². The Morgan fingerprint density at radius 3 is 1.82 bits per heavy atom. The van der Waals surface area contributed by atoms with Crippen LogP contribution in [0.5, 0.6) is 0 Å². The summed E-state index contributed by atoms with van der Waals surface area (Å²) in [5.74, 6) is -2.33. The van der Waals surface area contributed by atoms with Crippen LogP contribution in [0.25, 0.3) is 0 Å². The SMILES string of the molecule is COC(=O)C(CN)C(=O)OC. The van der Waals surface area contributed by atoms with E-state index in [1.54, 1.807) is 0 Å². The zero-order valence-electron chi connectivity index (χ0n) is 6.49. The summed E-state index contributed by atoms with van der Waals surface area (Å²) in [7, 11) is 2.38. The fraction of sp³-hybridized carbons (Fsp3) is 0.667.